The average molecular weight is 403 g/mol. The average Bonchev–Trinajstić information content (AvgIpc) is 3.23. The van der Waals surface area contributed by atoms with Gasteiger partial charge >= 0.3 is 0 Å². The molecule has 2 aromatic carbocycles. The molecule has 0 saturated heterocycles. The number of H-pyrrole nitrogens is 2. The summed E-state index contributed by atoms with van der Waals surface area (Å²) in [7, 11) is 0. The van der Waals surface area contributed by atoms with Crippen molar-refractivity contribution in [1.29, 1.82) is 0 Å². The quantitative estimate of drug-likeness (QED) is 0.483. The van der Waals surface area contributed by atoms with E-state index < -0.39 is 17.4 Å². The van der Waals surface area contributed by atoms with Crippen LogP contribution in [0.15, 0.2) is 70.9 Å². The molecule has 0 aliphatic rings. The Hall–Kier alpha value is -4.14. The maximum absolute atomic E-state index is 13.9. The number of hydrogen-bond donors (Lipinski definition) is 2. The molecule has 0 aliphatic carbocycles. The predicted octanol–water partition coefficient (Wildman–Crippen LogP) is 2.79. The third-order valence-electron chi connectivity index (χ3n) is 4.64. The van der Waals surface area contributed by atoms with Crippen LogP contribution in [0.4, 0.5) is 4.39 Å². The van der Waals surface area contributed by atoms with Crippen LogP contribution < -0.4 is 11.0 Å². The molecular formula is C21H16FN7O. The molecule has 0 bridgehead atoms. The minimum absolute atomic E-state index is 0.0154. The standard InChI is InChI=1S/C21H16FN7O/c1-12(27-19-17-18(24-10-23-17)25-11-26-19)20-28-16-8-7-13(22)9-15(16)21(30)29(20)14-5-3-2-4-6-14/h2-12H,1H3,(H2,23,24,25,26,27)/t12-/m0/s1/i11D,12D. The number of halogens is 1. The third-order valence-corrected chi connectivity index (χ3v) is 4.64. The molecule has 8 nitrogen and oxygen atoms in total. The van der Waals surface area contributed by atoms with Gasteiger partial charge in [-0.05, 0) is 37.3 Å². The lowest BCUT2D eigenvalue weighted by Crippen LogP contribution is -2.25. The van der Waals surface area contributed by atoms with Crippen molar-refractivity contribution in [1.82, 2.24) is 29.5 Å². The minimum atomic E-state index is -1.80. The fraction of sp³-hybridized carbons (Fsp3) is 0.0952. The smallest absolute Gasteiger partial charge is 0.266 e. The maximum atomic E-state index is 13.9. The van der Waals surface area contributed by atoms with E-state index in [-0.39, 0.29) is 28.5 Å². The number of nitrogens with one attached hydrogen (secondary N) is 2. The van der Waals surface area contributed by atoms with Crippen LogP contribution in [0.1, 0.15) is 21.5 Å². The van der Waals surface area contributed by atoms with Gasteiger partial charge in [0.25, 0.3) is 5.56 Å². The Morgan fingerprint density at radius 1 is 1.20 bits per heavy atom. The van der Waals surface area contributed by atoms with E-state index in [4.69, 9.17) is 2.74 Å². The molecule has 3 heterocycles. The molecule has 0 unspecified atom stereocenters. The first-order chi connectivity index (χ1) is 15.3. The molecule has 3 aromatic heterocycles. The lowest BCUT2D eigenvalue weighted by atomic mass is 10.2. The van der Waals surface area contributed by atoms with Gasteiger partial charge in [0, 0.05) is 0 Å². The van der Waals surface area contributed by atoms with E-state index in [9.17, 15) is 9.18 Å². The van der Waals surface area contributed by atoms with Crippen LogP contribution in [0.5, 0.6) is 0 Å². The van der Waals surface area contributed by atoms with Gasteiger partial charge in [0.05, 0.1) is 30.6 Å². The van der Waals surface area contributed by atoms with Gasteiger partial charge < -0.3 is 9.97 Å². The topological polar surface area (TPSA) is 105 Å². The van der Waals surface area contributed by atoms with Crippen molar-refractivity contribution in [3.63, 3.8) is 0 Å². The number of imidazole rings is 1. The number of aromatic amines is 2. The number of hydrogen-bond acceptors (Lipinski definition) is 5. The van der Waals surface area contributed by atoms with E-state index in [0.717, 1.165) is 6.07 Å². The van der Waals surface area contributed by atoms with Gasteiger partial charge in [0.15, 0.2) is 11.1 Å². The zero-order valence-electron chi connectivity index (χ0n) is 17.7. The molecule has 0 spiro atoms. The van der Waals surface area contributed by atoms with E-state index in [2.05, 4.69) is 29.9 Å². The zero-order valence-corrected chi connectivity index (χ0v) is 15.7. The molecule has 30 heavy (non-hydrogen) atoms. The summed E-state index contributed by atoms with van der Waals surface area (Å²) in [5.41, 5.74) is 1.04. The first-order valence-corrected chi connectivity index (χ1v) is 9.07. The summed E-state index contributed by atoms with van der Waals surface area (Å²) >= 11 is 0. The Balaban J connectivity index is 1.85. The van der Waals surface area contributed by atoms with Crippen LogP contribution in [-0.4, -0.2) is 29.5 Å². The van der Waals surface area contributed by atoms with E-state index in [1.54, 1.807) is 30.3 Å². The molecule has 0 amide bonds. The number of benzene rings is 2. The summed E-state index contributed by atoms with van der Waals surface area (Å²) < 4.78 is 32.0. The summed E-state index contributed by atoms with van der Waals surface area (Å²) in [5.74, 6) is -0.543. The Bertz CT molecular complexity index is 1610. The molecule has 0 saturated carbocycles. The lowest BCUT2D eigenvalue weighted by molar-refractivity contribution is 0.628. The molecule has 0 radical (unpaired) electrons. The fourth-order valence-electron chi connectivity index (χ4n) is 3.26. The van der Waals surface area contributed by atoms with Gasteiger partial charge in [-0.15, -0.1) is 0 Å². The Labute approximate surface area is 171 Å². The minimum Gasteiger partial charge on any atom is -0.340 e. The molecule has 9 heteroatoms. The van der Waals surface area contributed by atoms with Crippen LogP contribution in [0.3, 0.4) is 0 Å². The fourth-order valence-corrected chi connectivity index (χ4v) is 3.26. The van der Waals surface area contributed by atoms with Gasteiger partial charge in [0.2, 0.25) is 0 Å². The highest BCUT2D eigenvalue weighted by molar-refractivity contribution is 5.78. The molecule has 148 valence electrons. The van der Waals surface area contributed by atoms with E-state index in [1.807, 2.05) is 0 Å². The van der Waals surface area contributed by atoms with Gasteiger partial charge in [0.1, 0.15) is 24.5 Å². The lowest BCUT2D eigenvalue weighted by Gasteiger charge is -2.16. The maximum Gasteiger partial charge on any atom is 0.266 e. The van der Waals surface area contributed by atoms with E-state index >= 15 is 0 Å². The second-order valence-corrected chi connectivity index (χ2v) is 6.57. The largest absolute Gasteiger partial charge is 0.340 e. The summed E-state index contributed by atoms with van der Waals surface area (Å²) in [5, 5.41) is 0.0882. The number of fused-ring (bicyclic) bond motifs is 2. The van der Waals surface area contributed by atoms with Crippen LogP contribution in [-0.2, 0) is 0 Å². The van der Waals surface area contributed by atoms with Crippen molar-refractivity contribution in [3.05, 3.63) is 88.6 Å². The zero-order chi connectivity index (χ0) is 22.5. The molecular weight excluding hydrogens is 385 g/mol. The van der Waals surface area contributed by atoms with Crippen molar-refractivity contribution in [3.8, 4) is 5.69 Å². The van der Waals surface area contributed by atoms with Gasteiger partial charge in [-0.2, -0.15) is 0 Å². The number of nitrogens with zero attached hydrogens (tertiary/aromatic N) is 5. The Morgan fingerprint density at radius 3 is 2.87 bits per heavy atom. The number of para-hydroxylation sites is 1. The van der Waals surface area contributed by atoms with Crippen molar-refractivity contribution < 1.29 is 7.13 Å². The molecule has 5 aromatic rings. The van der Waals surface area contributed by atoms with Crippen LogP contribution in [0.25, 0.3) is 27.8 Å². The van der Waals surface area contributed by atoms with Crippen LogP contribution in [0.2, 0.25) is 0 Å². The van der Waals surface area contributed by atoms with Crippen molar-refractivity contribution >= 4 is 22.1 Å². The second kappa shape index (κ2) is 7.03. The van der Waals surface area contributed by atoms with E-state index in [0.29, 0.717) is 16.9 Å². The summed E-state index contributed by atoms with van der Waals surface area (Å²) in [6.45, 7) is 1.47. The summed E-state index contributed by atoms with van der Waals surface area (Å²) in [6.07, 6.45) is 1.24. The van der Waals surface area contributed by atoms with Gasteiger partial charge in [-0.1, -0.05) is 18.2 Å². The molecule has 0 aliphatic heterocycles. The molecule has 1 atom stereocenters. The monoisotopic (exact) mass is 403 g/mol. The first-order valence-electron chi connectivity index (χ1n) is 10.1. The van der Waals surface area contributed by atoms with E-state index in [1.165, 1.54) is 30.0 Å². The second-order valence-electron chi connectivity index (χ2n) is 6.57. The molecule has 5 rings (SSSR count). The van der Waals surface area contributed by atoms with Crippen molar-refractivity contribution in [2.45, 2.75) is 12.9 Å². The first kappa shape index (κ1) is 15.7. The highest BCUT2D eigenvalue weighted by Crippen LogP contribution is 2.20. The Kier molecular flexibility index (Phi) is 3.69. The Morgan fingerprint density at radius 2 is 2.03 bits per heavy atom. The molecule has 0 fully saturated rings. The normalized spacial score (nSPS) is 15.2. The number of rotatable bonds is 3. The highest BCUT2D eigenvalue weighted by atomic mass is 19.1. The van der Waals surface area contributed by atoms with Gasteiger partial charge in [-0.25, -0.2) is 19.3 Å². The SMILES string of the molecule is [2H]c1nc(=N[C@@]([2H])(C)c2nc3ccc(F)cc3c(=O)n2-c2ccccc2)c2[nH]cnc2[nH]1. The van der Waals surface area contributed by atoms with Gasteiger partial charge in [-0.3, -0.25) is 14.4 Å². The number of aromatic nitrogens is 6. The predicted molar refractivity (Wildman–Crippen MR) is 110 cm³/mol. The van der Waals surface area contributed by atoms with Crippen LogP contribution >= 0.6 is 0 Å². The summed E-state index contributed by atoms with van der Waals surface area (Å²) in [4.78, 5) is 36.1. The molecule has 2 N–H and O–H groups in total. The third kappa shape index (κ3) is 2.96. The van der Waals surface area contributed by atoms with Crippen molar-refractivity contribution in [2.24, 2.45) is 4.99 Å². The van der Waals surface area contributed by atoms with Crippen LogP contribution in [0, 0.1) is 5.82 Å². The highest BCUT2D eigenvalue weighted by Gasteiger charge is 2.18. The van der Waals surface area contributed by atoms with Crippen molar-refractivity contribution in [2.75, 3.05) is 0 Å². The summed E-state index contributed by atoms with van der Waals surface area (Å²) in [6, 6.07) is 10.6.